The summed E-state index contributed by atoms with van der Waals surface area (Å²) in [5.74, 6) is -0.873. The number of anilines is 2. The average molecular weight is 446 g/mol. The largest absolute Gasteiger partial charge is 0.325 e. The predicted octanol–water partition coefficient (Wildman–Crippen LogP) is 5.25. The van der Waals surface area contributed by atoms with Gasteiger partial charge in [-0.2, -0.15) is 0 Å². The van der Waals surface area contributed by atoms with Gasteiger partial charge in [-0.05, 0) is 54.5 Å². The molecule has 0 aromatic heterocycles. The number of aliphatic imine (C=N–C) groups is 1. The number of hydrogen-bond donors (Lipinski definition) is 1. The summed E-state index contributed by atoms with van der Waals surface area (Å²) in [4.78, 5) is 31.5. The van der Waals surface area contributed by atoms with E-state index < -0.39 is 5.82 Å². The minimum Gasteiger partial charge on any atom is -0.325 e. The Bertz CT molecular complexity index is 1210. The van der Waals surface area contributed by atoms with E-state index in [4.69, 9.17) is 0 Å². The van der Waals surface area contributed by atoms with E-state index in [0.29, 0.717) is 10.9 Å². The second-order valence-electron chi connectivity index (χ2n) is 7.10. The number of nitrogens with zero attached hydrogens (tertiary/aromatic N) is 2. The van der Waals surface area contributed by atoms with E-state index in [-0.39, 0.29) is 23.3 Å². The smallest absolute Gasteiger partial charge is 0.283 e. The second-order valence-corrected chi connectivity index (χ2v) is 8.05. The fourth-order valence-electron chi connectivity index (χ4n) is 3.15. The summed E-state index contributed by atoms with van der Waals surface area (Å²) in [6, 6.07) is 22.5. The Morgan fingerprint density at radius 2 is 1.72 bits per heavy atom. The number of halogens is 1. The quantitative estimate of drug-likeness (QED) is 0.546. The number of rotatable bonds is 5. The van der Waals surface area contributed by atoms with Crippen molar-refractivity contribution in [2.24, 2.45) is 4.99 Å². The number of amidine groups is 1. The second kappa shape index (κ2) is 9.62. The third-order valence-corrected chi connectivity index (χ3v) is 5.71. The maximum atomic E-state index is 13.4. The van der Waals surface area contributed by atoms with Gasteiger partial charge in [0.25, 0.3) is 5.91 Å². The number of hydrogen-bond acceptors (Lipinski definition) is 4. The molecule has 4 rings (SSSR count). The zero-order valence-corrected chi connectivity index (χ0v) is 18.1. The number of carbonyl (C=O) groups excluding carboxylic acids is 2. The molecule has 1 heterocycles. The van der Waals surface area contributed by atoms with Gasteiger partial charge in [-0.15, -0.1) is 0 Å². The van der Waals surface area contributed by atoms with Crippen LogP contribution in [0, 0.1) is 12.7 Å². The first-order chi connectivity index (χ1) is 15.5. The molecule has 5 nitrogen and oxygen atoms in total. The zero-order chi connectivity index (χ0) is 22.5. The molecule has 0 fully saturated rings. The van der Waals surface area contributed by atoms with Gasteiger partial charge in [-0.1, -0.05) is 60.3 Å². The zero-order valence-electron chi connectivity index (χ0n) is 17.3. The summed E-state index contributed by atoms with van der Waals surface area (Å²) in [5.41, 5.74) is 3.27. The van der Waals surface area contributed by atoms with Crippen molar-refractivity contribution in [3.05, 3.63) is 102 Å². The van der Waals surface area contributed by atoms with Crippen LogP contribution in [-0.4, -0.2) is 22.7 Å². The van der Waals surface area contributed by atoms with Crippen LogP contribution in [0.1, 0.15) is 11.1 Å². The fraction of sp³-hybridized carbons (Fsp3) is 0.0800. The van der Waals surface area contributed by atoms with Gasteiger partial charge < -0.3 is 5.32 Å². The number of thioether (sulfide) groups is 1. The highest BCUT2D eigenvalue weighted by Crippen LogP contribution is 2.29. The highest BCUT2D eigenvalue weighted by atomic mass is 32.2. The van der Waals surface area contributed by atoms with E-state index in [1.807, 2.05) is 61.5 Å². The molecule has 3 aromatic rings. The van der Waals surface area contributed by atoms with Crippen LogP contribution in [0.15, 0.2) is 89.6 Å². The highest BCUT2D eigenvalue weighted by molar-refractivity contribution is 8.14. The van der Waals surface area contributed by atoms with E-state index in [9.17, 15) is 14.0 Å². The number of para-hydroxylation sites is 1. The lowest BCUT2D eigenvalue weighted by Gasteiger charge is -2.17. The maximum absolute atomic E-state index is 13.4. The van der Waals surface area contributed by atoms with Crippen molar-refractivity contribution >= 4 is 46.2 Å². The van der Waals surface area contributed by atoms with Crippen molar-refractivity contribution in [2.45, 2.75) is 6.92 Å². The highest BCUT2D eigenvalue weighted by Gasteiger charge is 2.32. The molecule has 0 bridgehead atoms. The third kappa shape index (κ3) is 4.95. The molecule has 1 N–H and O–H groups in total. The van der Waals surface area contributed by atoms with Gasteiger partial charge in [0, 0.05) is 5.69 Å². The van der Waals surface area contributed by atoms with Crippen LogP contribution in [0.4, 0.5) is 15.8 Å². The van der Waals surface area contributed by atoms with E-state index >= 15 is 0 Å². The standard InChI is InChI=1S/C25H20FN3O2S/c1-17-7-5-6-10-21(17)27-23(30)16-32-25-28-22(15-18-8-3-2-4-9-18)24(31)29(25)20-13-11-19(26)12-14-20/h2-15H,16H2,1H3,(H,27,30)/b22-15-. The summed E-state index contributed by atoms with van der Waals surface area (Å²) in [5, 5.41) is 3.24. The summed E-state index contributed by atoms with van der Waals surface area (Å²) in [7, 11) is 0. The number of carbonyl (C=O) groups is 2. The number of aryl methyl sites for hydroxylation is 1. The molecule has 0 atom stereocenters. The Kier molecular flexibility index (Phi) is 6.47. The first kappa shape index (κ1) is 21.5. The molecule has 2 amide bonds. The lowest BCUT2D eigenvalue weighted by molar-refractivity contribution is -0.114. The van der Waals surface area contributed by atoms with Crippen molar-refractivity contribution in [2.75, 3.05) is 16.0 Å². The topological polar surface area (TPSA) is 61.8 Å². The number of benzene rings is 3. The van der Waals surface area contributed by atoms with E-state index in [1.54, 1.807) is 6.08 Å². The molecule has 32 heavy (non-hydrogen) atoms. The number of amides is 2. The Hall–Kier alpha value is -3.71. The van der Waals surface area contributed by atoms with Crippen molar-refractivity contribution in [1.29, 1.82) is 0 Å². The van der Waals surface area contributed by atoms with Gasteiger partial charge in [0.1, 0.15) is 11.5 Å². The van der Waals surface area contributed by atoms with Crippen molar-refractivity contribution in [3.8, 4) is 0 Å². The minimum absolute atomic E-state index is 0.0662. The Morgan fingerprint density at radius 1 is 1.03 bits per heavy atom. The Morgan fingerprint density at radius 3 is 2.44 bits per heavy atom. The Balaban J connectivity index is 1.57. The van der Waals surface area contributed by atoms with Crippen molar-refractivity contribution < 1.29 is 14.0 Å². The lowest BCUT2D eigenvalue weighted by atomic mass is 10.2. The summed E-state index contributed by atoms with van der Waals surface area (Å²) in [6.07, 6.45) is 1.69. The van der Waals surface area contributed by atoms with Gasteiger partial charge in [0.05, 0.1) is 11.4 Å². The minimum atomic E-state index is -0.399. The first-order valence-corrected chi connectivity index (χ1v) is 10.9. The predicted molar refractivity (Wildman–Crippen MR) is 128 cm³/mol. The fourth-order valence-corrected chi connectivity index (χ4v) is 3.96. The Labute approximate surface area is 189 Å². The van der Waals surface area contributed by atoms with E-state index in [1.165, 1.54) is 29.2 Å². The molecule has 160 valence electrons. The van der Waals surface area contributed by atoms with Crippen LogP contribution >= 0.6 is 11.8 Å². The molecule has 0 aliphatic carbocycles. The molecule has 0 saturated heterocycles. The molecule has 0 radical (unpaired) electrons. The molecular formula is C25H20FN3O2S. The molecule has 0 spiro atoms. The molecule has 0 saturated carbocycles. The summed E-state index contributed by atoms with van der Waals surface area (Å²) in [6.45, 7) is 1.92. The van der Waals surface area contributed by atoms with E-state index in [2.05, 4.69) is 10.3 Å². The van der Waals surface area contributed by atoms with Crippen LogP contribution in [0.5, 0.6) is 0 Å². The van der Waals surface area contributed by atoms with Crippen LogP contribution in [0.25, 0.3) is 6.08 Å². The van der Waals surface area contributed by atoms with Crippen LogP contribution in [-0.2, 0) is 9.59 Å². The van der Waals surface area contributed by atoms with Gasteiger partial charge in [-0.25, -0.2) is 9.38 Å². The van der Waals surface area contributed by atoms with Gasteiger partial charge in [0.15, 0.2) is 5.17 Å². The SMILES string of the molecule is Cc1ccccc1NC(=O)CSC1=N/C(=C\c2ccccc2)C(=O)N1c1ccc(F)cc1. The molecular weight excluding hydrogens is 425 g/mol. The van der Waals surface area contributed by atoms with Crippen molar-refractivity contribution in [1.82, 2.24) is 0 Å². The van der Waals surface area contributed by atoms with Gasteiger partial charge >= 0.3 is 0 Å². The maximum Gasteiger partial charge on any atom is 0.283 e. The molecule has 0 unspecified atom stereocenters. The first-order valence-electron chi connectivity index (χ1n) is 9.95. The molecule has 1 aliphatic heterocycles. The molecule has 1 aliphatic rings. The van der Waals surface area contributed by atoms with Gasteiger partial charge in [0.2, 0.25) is 5.91 Å². The molecule has 3 aromatic carbocycles. The molecule has 7 heteroatoms. The van der Waals surface area contributed by atoms with Crippen LogP contribution in [0.2, 0.25) is 0 Å². The van der Waals surface area contributed by atoms with Gasteiger partial charge in [-0.3, -0.25) is 14.5 Å². The van der Waals surface area contributed by atoms with Crippen LogP contribution in [0.3, 0.4) is 0 Å². The van der Waals surface area contributed by atoms with Crippen LogP contribution < -0.4 is 10.2 Å². The number of nitrogens with one attached hydrogen (secondary N) is 1. The average Bonchev–Trinajstić information content (AvgIpc) is 3.10. The summed E-state index contributed by atoms with van der Waals surface area (Å²) >= 11 is 1.15. The van der Waals surface area contributed by atoms with Crippen molar-refractivity contribution in [3.63, 3.8) is 0 Å². The monoisotopic (exact) mass is 445 g/mol. The van der Waals surface area contributed by atoms with E-state index in [0.717, 1.165) is 28.6 Å². The normalized spacial score (nSPS) is 14.6. The summed E-state index contributed by atoms with van der Waals surface area (Å²) < 4.78 is 13.4. The lowest BCUT2D eigenvalue weighted by Crippen LogP contribution is -2.31. The third-order valence-electron chi connectivity index (χ3n) is 4.77.